The van der Waals surface area contributed by atoms with E-state index in [1.54, 1.807) is 19.3 Å². The Labute approximate surface area is 80.8 Å². The molecule has 2 rings (SSSR count). The molecule has 0 aliphatic carbocycles. The molecular formula is C9H11N3O2. The van der Waals surface area contributed by atoms with Gasteiger partial charge in [0, 0.05) is 18.2 Å². The second kappa shape index (κ2) is 3.19. The minimum Gasteiger partial charge on any atom is -0.472 e. The van der Waals surface area contributed by atoms with Gasteiger partial charge in [-0.25, -0.2) is 0 Å². The predicted octanol–water partition coefficient (Wildman–Crippen LogP) is 0.677. The molecule has 74 valence electrons. The average Bonchev–Trinajstić information content (AvgIpc) is 2.77. The van der Waals surface area contributed by atoms with Crippen LogP contribution in [0.1, 0.15) is 17.2 Å². The first-order chi connectivity index (χ1) is 6.70. The van der Waals surface area contributed by atoms with Crippen molar-refractivity contribution in [3.8, 4) is 0 Å². The van der Waals surface area contributed by atoms with Crippen LogP contribution in [0.2, 0.25) is 0 Å². The van der Waals surface area contributed by atoms with Gasteiger partial charge in [0.05, 0.1) is 18.7 Å². The maximum atomic E-state index is 9.88. The molecule has 0 aliphatic rings. The number of nitrogens with two attached hydrogens (primary N) is 1. The van der Waals surface area contributed by atoms with Crippen LogP contribution < -0.4 is 5.73 Å². The summed E-state index contributed by atoms with van der Waals surface area (Å²) in [6.07, 6.45) is 3.76. The second-order valence-corrected chi connectivity index (χ2v) is 3.07. The number of hydrogen-bond donors (Lipinski definition) is 2. The number of aromatic nitrogens is 2. The number of nitrogen functional groups attached to an aromatic ring is 1. The molecule has 5 heteroatoms. The van der Waals surface area contributed by atoms with Crippen molar-refractivity contribution in [1.82, 2.24) is 9.78 Å². The molecule has 0 bridgehead atoms. The summed E-state index contributed by atoms with van der Waals surface area (Å²) in [5.74, 6) is 0.457. The molecule has 3 N–H and O–H groups in total. The van der Waals surface area contributed by atoms with Crippen LogP contribution in [-0.4, -0.2) is 14.9 Å². The van der Waals surface area contributed by atoms with Gasteiger partial charge < -0.3 is 15.3 Å². The van der Waals surface area contributed by atoms with Crippen LogP contribution in [0.25, 0.3) is 0 Å². The summed E-state index contributed by atoms with van der Waals surface area (Å²) < 4.78 is 6.39. The Hall–Kier alpha value is -1.75. The lowest BCUT2D eigenvalue weighted by Crippen LogP contribution is -2.03. The van der Waals surface area contributed by atoms with Gasteiger partial charge >= 0.3 is 0 Å². The quantitative estimate of drug-likeness (QED) is 0.735. The molecular weight excluding hydrogens is 182 g/mol. The lowest BCUT2D eigenvalue weighted by atomic mass is 10.1. The average molecular weight is 193 g/mol. The summed E-state index contributed by atoms with van der Waals surface area (Å²) in [6.45, 7) is 0. The number of aryl methyl sites for hydroxylation is 1. The molecule has 5 nitrogen and oxygen atoms in total. The van der Waals surface area contributed by atoms with Crippen LogP contribution in [-0.2, 0) is 7.05 Å². The minimum absolute atomic E-state index is 0.457. The van der Waals surface area contributed by atoms with Crippen molar-refractivity contribution in [2.24, 2.45) is 7.05 Å². The standard InChI is InChI=1S/C9H11N3O2/c1-12-9(10)7(4-11-12)8(13)6-2-3-14-5-6/h2-5,8,13H,10H2,1H3. The fraction of sp³-hybridized carbons (Fsp3) is 0.222. The Morgan fingerprint density at radius 3 is 2.93 bits per heavy atom. The number of anilines is 1. The highest BCUT2D eigenvalue weighted by Crippen LogP contribution is 2.25. The molecule has 0 aliphatic heterocycles. The van der Waals surface area contributed by atoms with Crippen molar-refractivity contribution in [1.29, 1.82) is 0 Å². The van der Waals surface area contributed by atoms with Crippen molar-refractivity contribution in [2.75, 3.05) is 5.73 Å². The van der Waals surface area contributed by atoms with Crippen LogP contribution in [0.4, 0.5) is 5.82 Å². The second-order valence-electron chi connectivity index (χ2n) is 3.07. The van der Waals surface area contributed by atoms with Crippen molar-refractivity contribution >= 4 is 5.82 Å². The lowest BCUT2D eigenvalue weighted by Gasteiger charge is -2.06. The Morgan fingerprint density at radius 2 is 2.43 bits per heavy atom. The number of aliphatic hydroxyl groups excluding tert-OH is 1. The number of nitrogens with zero attached hydrogens (tertiary/aromatic N) is 2. The van der Waals surface area contributed by atoms with Crippen LogP contribution in [0.5, 0.6) is 0 Å². The van der Waals surface area contributed by atoms with E-state index in [0.29, 0.717) is 16.9 Å². The highest BCUT2D eigenvalue weighted by atomic mass is 16.3. The molecule has 0 saturated carbocycles. The molecule has 2 aromatic rings. The van der Waals surface area contributed by atoms with Crippen LogP contribution >= 0.6 is 0 Å². The van der Waals surface area contributed by atoms with Gasteiger partial charge in [-0.1, -0.05) is 0 Å². The largest absolute Gasteiger partial charge is 0.472 e. The van der Waals surface area contributed by atoms with E-state index in [1.165, 1.54) is 17.2 Å². The zero-order valence-corrected chi connectivity index (χ0v) is 7.71. The zero-order chi connectivity index (χ0) is 10.1. The van der Waals surface area contributed by atoms with E-state index in [1.807, 2.05) is 0 Å². The van der Waals surface area contributed by atoms with Crippen LogP contribution in [0, 0.1) is 0 Å². The first-order valence-corrected chi connectivity index (χ1v) is 4.17. The lowest BCUT2D eigenvalue weighted by molar-refractivity contribution is 0.220. The van der Waals surface area contributed by atoms with Gasteiger partial charge in [0.15, 0.2) is 0 Å². The highest BCUT2D eigenvalue weighted by molar-refractivity contribution is 5.43. The minimum atomic E-state index is -0.776. The third-order valence-electron chi connectivity index (χ3n) is 2.17. The van der Waals surface area contributed by atoms with E-state index in [4.69, 9.17) is 10.2 Å². The van der Waals surface area contributed by atoms with E-state index < -0.39 is 6.10 Å². The van der Waals surface area contributed by atoms with Gasteiger partial charge in [0.1, 0.15) is 11.9 Å². The van der Waals surface area contributed by atoms with E-state index in [2.05, 4.69) is 5.10 Å². The molecule has 2 aromatic heterocycles. The van der Waals surface area contributed by atoms with Crippen molar-refractivity contribution in [3.05, 3.63) is 35.9 Å². The topological polar surface area (TPSA) is 77.2 Å². The molecule has 0 spiro atoms. The maximum Gasteiger partial charge on any atom is 0.127 e. The van der Waals surface area contributed by atoms with Crippen LogP contribution in [0.3, 0.4) is 0 Å². The van der Waals surface area contributed by atoms with Crippen molar-refractivity contribution in [2.45, 2.75) is 6.10 Å². The van der Waals surface area contributed by atoms with Gasteiger partial charge in [-0.2, -0.15) is 5.10 Å². The normalized spacial score (nSPS) is 13.0. The number of hydrogen-bond acceptors (Lipinski definition) is 4. The molecule has 0 saturated heterocycles. The van der Waals surface area contributed by atoms with Crippen molar-refractivity contribution in [3.63, 3.8) is 0 Å². The fourth-order valence-corrected chi connectivity index (χ4v) is 1.28. The van der Waals surface area contributed by atoms with Gasteiger partial charge in [0.2, 0.25) is 0 Å². The molecule has 0 radical (unpaired) electrons. The van der Waals surface area contributed by atoms with E-state index in [-0.39, 0.29) is 0 Å². The molecule has 1 unspecified atom stereocenters. The van der Waals surface area contributed by atoms with Crippen LogP contribution in [0.15, 0.2) is 29.2 Å². The maximum absolute atomic E-state index is 9.88. The fourth-order valence-electron chi connectivity index (χ4n) is 1.28. The molecule has 1 atom stereocenters. The monoisotopic (exact) mass is 193 g/mol. The van der Waals surface area contributed by atoms with E-state index in [9.17, 15) is 5.11 Å². The Balaban J connectivity index is 2.36. The first kappa shape index (κ1) is 8.83. The Kier molecular flexibility index (Phi) is 2.01. The van der Waals surface area contributed by atoms with Gasteiger partial charge in [-0.15, -0.1) is 0 Å². The highest BCUT2D eigenvalue weighted by Gasteiger charge is 2.17. The number of rotatable bonds is 2. The molecule has 0 fully saturated rings. The molecule has 0 aromatic carbocycles. The third kappa shape index (κ3) is 1.27. The summed E-state index contributed by atoms with van der Waals surface area (Å²) in [5.41, 5.74) is 6.98. The SMILES string of the molecule is Cn1ncc(C(O)c2ccoc2)c1N. The zero-order valence-electron chi connectivity index (χ0n) is 7.71. The molecule has 0 amide bonds. The van der Waals surface area contributed by atoms with E-state index >= 15 is 0 Å². The Morgan fingerprint density at radius 1 is 1.64 bits per heavy atom. The number of furan rings is 1. The van der Waals surface area contributed by atoms with Gasteiger partial charge in [-0.3, -0.25) is 4.68 Å². The van der Waals surface area contributed by atoms with Gasteiger partial charge in [0.25, 0.3) is 0 Å². The number of aliphatic hydroxyl groups is 1. The molecule has 2 heterocycles. The first-order valence-electron chi connectivity index (χ1n) is 4.17. The summed E-state index contributed by atoms with van der Waals surface area (Å²) in [5, 5.41) is 13.8. The Bertz CT molecular complexity index is 419. The van der Waals surface area contributed by atoms with Crippen molar-refractivity contribution < 1.29 is 9.52 Å². The summed E-state index contributed by atoms with van der Waals surface area (Å²) >= 11 is 0. The smallest absolute Gasteiger partial charge is 0.127 e. The van der Waals surface area contributed by atoms with E-state index in [0.717, 1.165) is 0 Å². The summed E-state index contributed by atoms with van der Waals surface area (Å²) in [4.78, 5) is 0. The summed E-state index contributed by atoms with van der Waals surface area (Å²) in [6, 6.07) is 1.69. The summed E-state index contributed by atoms with van der Waals surface area (Å²) in [7, 11) is 1.72. The molecule has 14 heavy (non-hydrogen) atoms. The van der Waals surface area contributed by atoms with Gasteiger partial charge in [-0.05, 0) is 6.07 Å². The third-order valence-corrected chi connectivity index (χ3v) is 2.17. The predicted molar refractivity (Wildman–Crippen MR) is 50.4 cm³/mol.